The van der Waals surface area contributed by atoms with Gasteiger partial charge in [0.05, 0.1) is 13.2 Å². The Morgan fingerprint density at radius 3 is 1.71 bits per heavy atom. The van der Waals surface area contributed by atoms with Crippen molar-refractivity contribution >= 4 is 6.03 Å². The lowest BCUT2D eigenvalue weighted by atomic mass is 10.5. The highest BCUT2D eigenvalue weighted by atomic mass is 16.5. The van der Waals surface area contributed by atoms with Crippen molar-refractivity contribution in [3.63, 3.8) is 0 Å². The van der Waals surface area contributed by atoms with Crippen LogP contribution in [0.4, 0.5) is 4.79 Å². The van der Waals surface area contributed by atoms with E-state index in [4.69, 9.17) is 19.7 Å². The van der Waals surface area contributed by atoms with E-state index in [1.807, 2.05) is 0 Å². The van der Waals surface area contributed by atoms with Crippen molar-refractivity contribution in [3.05, 3.63) is 0 Å². The molecule has 14 heavy (non-hydrogen) atoms. The zero-order valence-electron chi connectivity index (χ0n) is 8.19. The van der Waals surface area contributed by atoms with E-state index >= 15 is 0 Å². The number of nitrogens with one attached hydrogen (secondary N) is 2. The van der Waals surface area contributed by atoms with Crippen LogP contribution in [0.15, 0.2) is 0 Å². The number of hydrogen-bond acceptors (Lipinski definition) is 5. The number of carbonyl (C=O) groups excluding carboxylic acids is 1. The molecule has 0 aliphatic heterocycles. The summed E-state index contributed by atoms with van der Waals surface area (Å²) in [6.45, 7) is -0.665. The topological polar surface area (TPSA) is 100 Å². The maximum absolute atomic E-state index is 11.1. The first-order chi connectivity index (χ1) is 6.67. The number of urea groups is 1. The Bertz CT molecular complexity index is 142. The molecule has 0 radical (unpaired) electrons. The second-order valence-corrected chi connectivity index (χ2v) is 2.43. The smallest absolute Gasteiger partial charge is 0.318 e. The number of ether oxygens (including phenoxy) is 2. The molecule has 0 aromatic carbocycles. The third-order valence-electron chi connectivity index (χ3n) is 1.48. The normalized spacial score (nSPS) is 14.6. The predicted molar refractivity (Wildman–Crippen MR) is 47.4 cm³/mol. The van der Waals surface area contributed by atoms with E-state index in [2.05, 4.69) is 10.6 Å². The largest absolute Gasteiger partial charge is 0.392 e. The average Bonchev–Trinajstić information content (AvgIpc) is 2.22. The number of aliphatic hydroxyl groups is 2. The molecule has 2 amide bonds. The van der Waals surface area contributed by atoms with Crippen molar-refractivity contribution in [2.75, 3.05) is 27.4 Å². The van der Waals surface area contributed by atoms with Crippen LogP contribution in [0.2, 0.25) is 0 Å². The molecule has 0 fully saturated rings. The summed E-state index contributed by atoms with van der Waals surface area (Å²) in [6.07, 6.45) is -1.54. The van der Waals surface area contributed by atoms with Crippen molar-refractivity contribution in [2.24, 2.45) is 0 Å². The van der Waals surface area contributed by atoms with E-state index < -0.39 is 18.5 Å². The van der Waals surface area contributed by atoms with Crippen LogP contribution in [0.1, 0.15) is 0 Å². The second kappa shape index (κ2) is 7.51. The first kappa shape index (κ1) is 13.1. The average molecular weight is 208 g/mol. The molecule has 0 aliphatic rings. The van der Waals surface area contributed by atoms with Crippen molar-refractivity contribution in [2.45, 2.75) is 12.5 Å². The van der Waals surface area contributed by atoms with Crippen molar-refractivity contribution in [3.8, 4) is 0 Å². The SMILES string of the molecule is COC(CO)NC(=O)NC(CO)OC. The Morgan fingerprint density at radius 1 is 1.14 bits per heavy atom. The summed E-state index contributed by atoms with van der Waals surface area (Å²) in [6, 6.07) is -0.591. The first-order valence-electron chi connectivity index (χ1n) is 4.02. The maximum atomic E-state index is 11.1. The molecule has 2 unspecified atom stereocenters. The van der Waals surface area contributed by atoms with Gasteiger partial charge in [0, 0.05) is 14.2 Å². The molecule has 0 aromatic rings. The van der Waals surface area contributed by atoms with E-state index in [1.165, 1.54) is 14.2 Å². The van der Waals surface area contributed by atoms with Gasteiger partial charge in [-0.1, -0.05) is 0 Å². The Labute approximate surface area is 82.0 Å². The third kappa shape index (κ3) is 4.97. The highest BCUT2D eigenvalue weighted by Gasteiger charge is 2.13. The van der Waals surface area contributed by atoms with Crippen LogP contribution in [0.5, 0.6) is 0 Å². The molecule has 4 N–H and O–H groups in total. The molecule has 0 aliphatic carbocycles. The van der Waals surface area contributed by atoms with Crippen LogP contribution in [-0.2, 0) is 9.47 Å². The quantitative estimate of drug-likeness (QED) is 0.386. The molecule has 0 rings (SSSR count). The Kier molecular flexibility index (Phi) is 7.03. The van der Waals surface area contributed by atoms with Gasteiger partial charge in [0.25, 0.3) is 0 Å². The number of rotatable bonds is 6. The minimum absolute atomic E-state index is 0.333. The van der Waals surface area contributed by atoms with Gasteiger partial charge in [-0.05, 0) is 0 Å². The van der Waals surface area contributed by atoms with E-state index in [-0.39, 0.29) is 13.2 Å². The van der Waals surface area contributed by atoms with E-state index in [0.717, 1.165) is 0 Å². The lowest BCUT2D eigenvalue weighted by Crippen LogP contribution is -2.49. The summed E-state index contributed by atoms with van der Waals surface area (Å²) in [5.74, 6) is 0. The summed E-state index contributed by atoms with van der Waals surface area (Å²) < 4.78 is 9.39. The number of amides is 2. The lowest BCUT2D eigenvalue weighted by molar-refractivity contribution is 0.0178. The lowest BCUT2D eigenvalue weighted by Gasteiger charge is -2.18. The summed E-state index contributed by atoms with van der Waals surface area (Å²) >= 11 is 0. The van der Waals surface area contributed by atoms with Gasteiger partial charge in [0.1, 0.15) is 0 Å². The number of aliphatic hydroxyl groups excluding tert-OH is 2. The number of carbonyl (C=O) groups is 1. The highest BCUT2D eigenvalue weighted by Crippen LogP contribution is 1.85. The minimum atomic E-state index is -0.772. The molecular weight excluding hydrogens is 192 g/mol. The van der Waals surface area contributed by atoms with Gasteiger partial charge in [-0.3, -0.25) is 0 Å². The zero-order valence-corrected chi connectivity index (χ0v) is 8.19. The Hall–Kier alpha value is -0.890. The fourth-order valence-corrected chi connectivity index (χ4v) is 0.692. The maximum Gasteiger partial charge on any atom is 0.318 e. The van der Waals surface area contributed by atoms with Gasteiger partial charge in [-0.15, -0.1) is 0 Å². The van der Waals surface area contributed by atoms with E-state index in [1.54, 1.807) is 0 Å². The molecule has 0 spiro atoms. The zero-order chi connectivity index (χ0) is 11.0. The van der Waals surface area contributed by atoms with Gasteiger partial charge < -0.3 is 30.3 Å². The van der Waals surface area contributed by atoms with Crippen LogP contribution >= 0.6 is 0 Å². The molecule has 84 valence electrons. The Morgan fingerprint density at radius 2 is 1.50 bits per heavy atom. The molecule has 2 atom stereocenters. The van der Waals surface area contributed by atoms with Crippen LogP contribution in [0.3, 0.4) is 0 Å². The van der Waals surface area contributed by atoms with Crippen molar-refractivity contribution < 1.29 is 24.5 Å². The minimum Gasteiger partial charge on any atom is -0.392 e. The summed E-state index contributed by atoms with van der Waals surface area (Å²) in [4.78, 5) is 11.1. The van der Waals surface area contributed by atoms with Gasteiger partial charge in [-0.2, -0.15) is 0 Å². The third-order valence-corrected chi connectivity index (χ3v) is 1.48. The summed E-state index contributed by atoms with van der Waals surface area (Å²) in [7, 11) is 2.70. The summed E-state index contributed by atoms with van der Waals surface area (Å²) in [5, 5.41) is 22.0. The molecule has 0 heterocycles. The fraction of sp³-hybridized carbons (Fsp3) is 0.857. The van der Waals surface area contributed by atoms with Crippen LogP contribution in [0, 0.1) is 0 Å². The van der Waals surface area contributed by atoms with Crippen LogP contribution < -0.4 is 10.6 Å². The first-order valence-corrected chi connectivity index (χ1v) is 4.02. The molecular formula is C7H16N2O5. The van der Waals surface area contributed by atoms with Crippen molar-refractivity contribution in [1.29, 1.82) is 0 Å². The predicted octanol–water partition coefficient (Wildman–Crippen LogP) is -1.78. The van der Waals surface area contributed by atoms with Gasteiger partial charge in [-0.25, -0.2) is 4.79 Å². The van der Waals surface area contributed by atoms with Crippen LogP contribution in [0.25, 0.3) is 0 Å². The van der Waals surface area contributed by atoms with Gasteiger partial charge >= 0.3 is 6.03 Å². The van der Waals surface area contributed by atoms with E-state index in [9.17, 15) is 4.79 Å². The number of methoxy groups -OCH3 is 2. The molecule has 7 nitrogen and oxygen atoms in total. The molecule has 0 bridgehead atoms. The summed E-state index contributed by atoms with van der Waals surface area (Å²) in [5.41, 5.74) is 0. The standard InChI is InChI=1S/C7H16N2O5/c1-13-5(3-10)8-7(12)9-6(4-11)14-2/h5-6,10-11H,3-4H2,1-2H3,(H2,8,9,12). The molecule has 7 heteroatoms. The molecule has 0 saturated carbocycles. The van der Waals surface area contributed by atoms with Crippen molar-refractivity contribution in [1.82, 2.24) is 10.6 Å². The Balaban J connectivity index is 3.83. The second-order valence-electron chi connectivity index (χ2n) is 2.43. The fourth-order valence-electron chi connectivity index (χ4n) is 0.692. The van der Waals surface area contributed by atoms with E-state index in [0.29, 0.717) is 0 Å². The van der Waals surface area contributed by atoms with Gasteiger partial charge in [0.15, 0.2) is 12.5 Å². The molecule has 0 saturated heterocycles. The monoisotopic (exact) mass is 208 g/mol. The number of hydrogen-bond donors (Lipinski definition) is 4. The molecule has 0 aromatic heterocycles. The highest BCUT2D eigenvalue weighted by molar-refractivity contribution is 5.74. The van der Waals surface area contributed by atoms with Crippen LogP contribution in [-0.4, -0.2) is 56.1 Å². The van der Waals surface area contributed by atoms with Gasteiger partial charge in [0.2, 0.25) is 0 Å².